The summed E-state index contributed by atoms with van der Waals surface area (Å²) in [7, 11) is 0. The zero-order valence-electron chi connectivity index (χ0n) is 19.1. The van der Waals surface area contributed by atoms with Gasteiger partial charge in [-0.2, -0.15) is 8.78 Å². The van der Waals surface area contributed by atoms with E-state index in [-0.39, 0.29) is 5.75 Å². The van der Waals surface area contributed by atoms with Crippen LogP contribution in [0.15, 0.2) is 48.9 Å². The van der Waals surface area contributed by atoms with Crippen LogP contribution >= 0.6 is 0 Å². The molecular formula is C25H22F3N5O3. The molecule has 3 aromatic heterocycles. The zero-order chi connectivity index (χ0) is 24.6. The van der Waals surface area contributed by atoms with E-state index in [1.165, 1.54) is 18.2 Å². The van der Waals surface area contributed by atoms with Crippen molar-refractivity contribution < 1.29 is 27.4 Å². The smallest absolute Gasteiger partial charge is 0.387 e. The van der Waals surface area contributed by atoms with E-state index < -0.39 is 18.5 Å². The first kappa shape index (κ1) is 22.7. The number of benzene rings is 1. The van der Waals surface area contributed by atoms with E-state index in [0.29, 0.717) is 67.6 Å². The first-order valence-corrected chi connectivity index (χ1v) is 11.6. The Balaban J connectivity index is 1.38. The largest absolute Gasteiger partial charge is 0.435 e. The number of ether oxygens (including phenoxy) is 3. The van der Waals surface area contributed by atoms with Gasteiger partial charge in [0.25, 0.3) is 0 Å². The summed E-state index contributed by atoms with van der Waals surface area (Å²) in [5.74, 6) is 0.163. The molecule has 0 bridgehead atoms. The number of hydrogen-bond donors (Lipinski definition) is 0. The Hall–Kier alpha value is -3.70. The second kappa shape index (κ2) is 9.40. The minimum atomic E-state index is -2.93. The minimum Gasteiger partial charge on any atom is -0.435 e. The molecule has 1 saturated heterocycles. The van der Waals surface area contributed by atoms with Gasteiger partial charge in [0.2, 0.25) is 5.95 Å². The van der Waals surface area contributed by atoms with Crippen molar-refractivity contribution in [3.8, 4) is 16.9 Å². The number of anilines is 1. The van der Waals surface area contributed by atoms with Crippen molar-refractivity contribution in [2.24, 2.45) is 0 Å². The van der Waals surface area contributed by atoms with E-state index >= 15 is 4.39 Å². The molecule has 0 amide bonds. The average Bonchev–Trinajstić information content (AvgIpc) is 3.26. The highest BCUT2D eigenvalue weighted by Crippen LogP contribution is 2.36. The van der Waals surface area contributed by atoms with Crippen LogP contribution in [0.3, 0.4) is 0 Å². The molecule has 186 valence electrons. The molecule has 1 fully saturated rings. The Kier molecular flexibility index (Phi) is 5.94. The van der Waals surface area contributed by atoms with Crippen LogP contribution < -0.4 is 9.64 Å². The van der Waals surface area contributed by atoms with Crippen LogP contribution in [-0.2, 0) is 15.9 Å². The van der Waals surface area contributed by atoms with Crippen molar-refractivity contribution in [2.75, 3.05) is 37.8 Å². The van der Waals surface area contributed by atoms with Crippen LogP contribution in [0.2, 0.25) is 0 Å². The molecule has 1 atom stereocenters. The van der Waals surface area contributed by atoms with Gasteiger partial charge in [0.05, 0.1) is 31.2 Å². The Labute approximate surface area is 204 Å². The second-order valence-electron chi connectivity index (χ2n) is 8.53. The summed E-state index contributed by atoms with van der Waals surface area (Å²) in [4.78, 5) is 15.5. The lowest BCUT2D eigenvalue weighted by Crippen LogP contribution is -2.37. The number of pyridine rings is 1. The molecule has 1 aromatic carbocycles. The van der Waals surface area contributed by atoms with Gasteiger partial charge >= 0.3 is 6.61 Å². The van der Waals surface area contributed by atoms with Crippen molar-refractivity contribution >= 4 is 11.6 Å². The highest BCUT2D eigenvalue weighted by molar-refractivity contribution is 5.65. The lowest BCUT2D eigenvalue weighted by molar-refractivity contribution is -0.0500. The van der Waals surface area contributed by atoms with Gasteiger partial charge in [0, 0.05) is 55.3 Å². The Morgan fingerprint density at radius 2 is 1.86 bits per heavy atom. The first-order valence-electron chi connectivity index (χ1n) is 11.6. The van der Waals surface area contributed by atoms with Gasteiger partial charge in [0.1, 0.15) is 23.3 Å². The van der Waals surface area contributed by atoms with Crippen molar-refractivity contribution in [1.82, 2.24) is 19.4 Å². The van der Waals surface area contributed by atoms with Crippen LogP contribution in [0.5, 0.6) is 5.75 Å². The summed E-state index contributed by atoms with van der Waals surface area (Å²) in [6.45, 7) is 0.0948. The third-order valence-corrected chi connectivity index (χ3v) is 6.32. The molecule has 0 radical (unpaired) electrons. The molecule has 0 N–H and O–H groups in total. The molecular weight excluding hydrogens is 475 g/mol. The molecule has 1 unspecified atom stereocenters. The van der Waals surface area contributed by atoms with Gasteiger partial charge in [-0.3, -0.25) is 4.40 Å². The molecule has 6 rings (SSSR count). The van der Waals surface area contributed by atoms with E-state index in [1.807, 2.05) is 4.90 Å². The highest BCUT2D eigenvalue weighted by Gasteiger charge is 2.29. The molecule has 0 saturated carbocycles. The molecule has 36 heavy (non-hydrogen) atoms. The van der Waals surface area contributed by atoms with Crippen LogP contribution in [0.25, 0.3) is 16.8 Å². The fourth-order valence-corrected chi connectivity index (χ4v) is 4.65. The van der Waals surface area contributed by atoms with Crippen LogP contribution in [0.4, 0.5) is 19.1 Å². The summed E-state index contributed by atoms with van der Waals surface area (Å²) in [6.07, 6.45) is 4.83. The summed E-state index contributed by atoms with van der Waals surface area (Å²) >= 11 is 0. The quantitative estimate of drug-likeness (QED) is 0.412. The topological polar surface area (TPSA) is 74.0 Å². The predicted octanol–water partition coefficient (Wildman–Crippen LogP) is 4.03. The standard InChI is InChI=1S/C25H22F3N5O3/c26-19-11-21-31-20-4-7-35-23(15-2-1-3-17(10-15)36-24(27)28)22(20)33(21)14-18(19)16-12-29-25(30-13-16)32-5-8-34-9-6-32/h1-3,10-14,23-24H,4-9H2. The normalized spacial score (nSPS) is 18.0. The summed E-state index contributed by atoms with van der Waals surface area (Å²) in [5, 5.41) is 0. The number of imidazole rings is 1. The molecule has 0 aliphatic carbocycles. The molecule has 5 heterocycles. The van der Waals surface area contributed by atoms with Crippen LogP contribution in [0.1, 0.15) is 23.1 Å². The maximum atomic E-state index is 15.2. The summed E-state index contributed by atoms with van der Waals surface area (Å²) < 4.78 is 58.4. The van der Waals surface area contributed by atoms with Gasteiger partial charge in [-0.25, -0.2) is 19.3 Å². The van der Waals surface area contributed by atoms with Crippen molar-refractivity contribution in [1.29, 1.82) is 0 Å². The maximum absolute atomic E-state index is 15.2. The second-order valence-corrected chi connectivity index (χ2v) is 8.53. The summed E-state index contributed by atoms with van der Waals surface area (Å²) in [6, 6.07) is 7.76. The molecule has 0 spiro atoms. The highest BCUT2D eigenvalue weighted by atomic mass is 19.3. The van der Waals surface area contributed by atoms with Crippen molar-refractivity contribution in [3.63, 3.8) is 0 Å². The van der Waals surface area contributed by atoms with E-state index in [0.717, 1.165) is 11.4 Å². The van der Waals surface area contributed by atoms with E-state index in [1.54, 1.807) is 35.1 Å². The molecule has 11 heteroatoms. The number of halogens is 3. The predicted molar refractivity (Wildman–Crippen MR) is 124 cm³/mol. The van der Waals surface area contributed by atoms with Crippen molar-refractivity contribution in [2.45, 2.75) is 19.1 Å². The Morgan fingerprint density at radius 3 is 2.64 bits per heavy atom. The fourth-order valence-electron chi connectivity index (χ4n) is 4.65. The molecule has 2 aliphatic heterocycles. The third kappa shape index (κ3) is 4.24. The molecule has 2 aliphatic rings. The lowest BCUT2D eigenvalue weighted by Gasteiger charge is -2.26. The van der Waals surface area contributed by atoms with Gasteiger partial charge < -0.3 is 19.1 Å². The molecule has 8 nitrogen and oxygen atoms in total. The number of alkyl halides is 2. The maximum Gasteiger partial charge on any atom is 0.387 e. The lowest BCUT2D eigenvalue weighted by atomic mass is 10.0. The van der Waals surface area contributed by atoms with Crippen LogP contribution in [-0.4, -0.2) is 58.9 Å². The van der Waals surface area contributed by atoms with Gasteiger partial charge in [-0.15, -0.1) is 0 Å². The zero-order valence-corrected chi connectivity index (χ0v) is 19.1. The van der Waals surface area contributed by atoms with Gasteiger partial charge in [-0.05, 0) is 17.7 Å². The monoisotopic (exact) mass is 497 g/mol. The van der Waals surface area contributed by atoms with Gasteiger partial charge in [-0.1, -0.05) is 12.1 Å². The average molecular weight is 497 g/mol. The number of fused-ring (bicyclic) bond motifs is 3. The first-order chi connectivity index (χ1) is 17.6. The van der Waals surface area contributed by atoms with Crippen LogP contribution in [0, 0.1) is 5.82 Å². The number of aromatic nitrogens is 4. The SMILES string of the molecule is Fc1cc2nc3c(n2cc1-c1cnc(N2CCOCC2)nc1)C(c1cccc(OC(F)F)c1)OCC3. The number of morpholine rings is 1. The van der Waals surface area contributed by atoms with Gasteiger partial charge in [0.15, 0.2) is 0 Å². The van der Waals surface area contributed by atoms with Crippen molar-refractivity contribution in [3.05, 3.63) is 71.7 Å². The Morgan fingerprint density at radius 1 is 1.06 bits per heavy atom. The summed E-state index contributed by atoms with van der Waals surface area (Å²) in [5.41, 5.74) is 3.40. The van der Waals surface area contributed by atoms with E-state index in [9.17, 15) is 8.78 Å². The number of rotatable bonds is 5. The number of nitrogens with zero attached hydrogens (tertiary/aromatic N) is 5. The fraction of sp³-hybridized carbons (Fsp3) is 0.320. The Bertz CT molecular complexity index is 1390. The molecule has 4 aromatic rings. The minimum absolute atomic E-state index is 0.0382. The third-order valence-electron chi connectivity index (χ3n) is 6.32. The number of hydrogen-bond acceptors (Lipinski definition) is 7. The van der Waals surface area contributed by atoms with E-state index in [2.05, 4.69) is 19.7 Å². The van der Waals surface area contributed by atoms with E-state index in [4.69, 9.17) is 9.47 Å².